The number of unbranched alkanes of at least 4 members (excludes halogenated alkanes) is 2. The minimum absolute atomic E-state index is 0.0130. The van der Waals surface area contributed by atoms with Crippen molar-refractivity contribution >= 4 is 34.4 Å². The van der Waals surface area contributed by atoms with Gasteiger partial charge in [0.2, 0.25) is 5.91 Å². The Morgan fingerprint density at radius 2 is 1.74 bits per heavy atom. The van der Waals surface area contributed by atoms with Gasteiger partial charge in [0.25, 0.3) is 0 Å². The molecule has 1 aromatic carbocycles. The van der Waals surface area contributed by atoms with Crippen molar-refractivity contribution in [1.29, 1.82) is 0 Å². The van der Waals surface area contributed by atoms with Crippen molar-refractivity contribution in [3.63, 3.8) is 0 Å². The molecule has 1 atom stereocenters. The Morgan fingerprint density at radius 1 is 1.11 bits per heavy atom. The van der Waals surface area contributed by atoms with Gasteiger partial charge >= 0.3 is 5.97 Å². The molecule has 0 spiro atoms. The van der Waals surface area contributed by atoms with Crippen molar-refractivity contribution in [2.75, 3.05) is 17.8 Å². The molecule has 27 heavy (non-hydrogen) atoms. The van der Waals surface area contributed by atoms with Gasteiger partial charge in [-0.1, -0.05) is 43.7 Å². The maximum absolute atomic E-state index is 13.0. The first-order chi connectivity index (χ1) is 12.7. The van der Waals surface area contributed by atoms with E-state index in [2.05, 4.69) is 6.92 Å². The summed E-state index contributed by atoms with van der Waals surface area (Å²) in [6.07, 6.45) is 3.37. The van der Waals surface area contributed by atoms with Crippen LogP contribution in [0.1, 0.15) is 56.2 Å². The van der Waals surface area contributed by atoms with Crippen molar-refractivity contribution in [1.82, 2.24) is 0 Å². The van der Waals surface area contributed by atoms with E-state index >= 15 is 0 Å². The Bertz CT molecular complexity index is 687. The smallest absolute Gasteiger partial charge is 0.328 e. The summed E-state index contributed by atoms with van der Waals surface area (Å²) in [6.45, 7) is 9.55. The average molecular weight is 394 g/mol. The van der Waals surface area contributed by atoms with Gasteiger partial charge in [0.1, 0.15) is 6.04 Å². The van der Waals surface area contributed by atoms with Crippen molar-refractivity contribution in [2.45, 2.75) is 66.3 Å². The van der Waals surface area contributed by atoms with E-state index < -0.39 is 12.0 Å². The molecule has 1 aromatic rings. The molecule has 6 heteroatoms. The van der Waals surface area contributed by atoms with Crippen LogP contribution in [0.5, 0.6) is 0 Å². The number of hydrogen-bond acceptors (Lipinski definition) is 5. The van der Waals surface area contributed by atoms with Gasteiger partial charge in [0.05, 0.1) is 18.6 Å². The van der Waals surface area contributed by atoms with Crippen LogP contribution in [-0.2, 0) is 19.1 Å². The minimum Gasteiger partial charge on any atom is -0.467 e. The number of benzene rings is 1. The molecule has 150 valence electrons. The number of esters is 1. The van der Waals surface area contributed by atoms with Crippen molar-refractivity contribution < 1.29 is 19.1 Å². The van der Waals surface area contributed by atoms with Gasteiger partial charge in [-0.3, -0.25) is 14.5 Å². The van der Waals surface area contributed by atoms with Crippen LogP contribution in [0.3, 0.4) is 0 Å². The fraction of sp³-hybridized carbons (Fsp3) is 0.571. The highest BCUT2D eigenvalue weighted by Crippen LogP contribution is 2.30. The number of nitrogens with zero attached hydrogens (tertiary/aromatic N) is 1. The molecule has 0 aliphatic heterocycles. The largest absolute Gasteiger partial charge is 0.467 e. The SMILES string of the molecule is CCCCCC(=O)SCC(=O)N(c1c(C)ccc(C)c1C)C(C)C(=O)OC. The molecule has 1 rings (SSSR count). The lowest BCUT2D eigenvalue weighted by Gasteiger charge is -2.31. The molecule has 0 aromatic heterocycles. The molecular formula is C21H31NO4S. The summed E-state index contributed by atoms with van der Waals surface area (Å²) in [5.41, 5.74) is 3.60. The molecule has 0 aliphatic carbocycles. The number of ether oxygens (including phenoxy) is 1. The Hall–Kier alpha value is -1.82. The molecule has 0 bridgehead atoms. The molecule has 0 aliphatic rings. The average Bonchev–Trinajstić information content (AvgIpc) is 2.65. The molecule has 0 N–H and O–H groups in total. The van der Waals surface area contributed by atoms with E-state index in [1.807, 2.05) is 32.9 Å². The quantitative estimate of drug-likeness (QED) is 0.461. The molecule has 5 nitrogen and oxygen atoms in total. The number of thioether (sulfide) groups is 1. The number of hydrogen-bond donors (Lipinski definition) is 0. The Kier molecular flexibility index (Phi) is 9.56. The summed E-state index contributed by atoms with van der Waals surface area (Å²) < 4.78 is 4.86. The first kappa shape index (κ1) is 23.2. The predicted octanol–water partition coefficient (Wildman–Crippen LogP) is 4.35. The van der Waals surface area contributed by atoms with Crippen molar-refractivity contribution in [3.05, 3.63) is 28.8 Å². The monoisotopic (exact) mass is 393 g/mol. The summed E-state index contributed by atoms with van der Waals surface area (Å²) in [4.78, 5) is 38.7. The zero-order chi connectivity index (χ0) is 20.6. The normalized spacial score (nSPS) is 11.8. The molecule has 0 heterocycles. The van der Waals surface area contributed by atoms with E-state index in [4.69, 9.17) is 4.74 Å². The summed E-state index contributed by atoms with van der Waals surface area (Å²) in [5, 5.41) is 0.0140. The summed E-state index contributed by atoms with van der Waals surface area (Å²) in [5.74, 6) is -0.736. The third kappa shape index (κ3) is 6.38. The van der Waals surface area contributed by atoms with Crippen molar-refractivity contribution in [2.24, 2.45) is 0 Å². The van der Waals surface area contributed by atoms with Crippen LogP contribution < -0.4 is 4.90 Å². The lowest BCUT2D eigenvalue weighted by Crippen LogP contribution is -2.46. The number of methoxy groups -OCH3 is 1. The van der Waals surface area contributed by atoms with Gasteiger partial charge < -0.3 is 4.74 Å². The van der Waals surface area contributed by atoms with E-state index in [0.29, 0.717) is 6.42 Å². The number of anilines is 1. The molecule has 0 saturated heterocycles. The highest BCUT2D eigenvalue weighted by molar-refractivity contribution is 8.14. The molecule has 0 radical (unpaired) electrons. The Labute approximate surface area is 166 Å². The van der Waals surface area contributed by atoms with Crippen LogP contribution in [0.15, 0.2) is 12.1 Å². The standard InChI is InChI=1S/C21H31NO4S/c1-7-8-9-10-19(24)27-13-18(23)22(17(5)21(25)26-6)20-15(3)12-11-14(2)16(20)4/h11-12,17H,7-10,13H2,1-6H3. The fourth-order valence-corrected chi connectivity index (χ4v) is 3.63. The van der Waals surface area contributed by atoms with Gasteiger partial charge in [-0.05, 0) is 50.8 Å². The molecule has 1 unspecified atom stereocenters. The summed E-state index contributed by atoms with van der Waals surface area (Å²) in [6, 6.07) is 3.16. The first-order valence-electron chi connectivity index (χ1n) is 9.36. The maximum atomic E-state index is 13.0. The third-order valence-electron chi connectivity index (χ3n) is 4.68. The zero-order valence-electron chi connectivity index (χ0n) is 17.3. The highest BCUT2D eigenvalue weighted by Gasteiger charge is 2.30. The summed E-state index contributed by atoms with van der Waals surface area (Å²) in [7, 11) is 1.31. The van der Waals surface area contributed by atoms with Gasteiger partial charge in [-0.25, -0.2) is 4.79 Å². The van der Waals surface area contributed by atoms with E-state index in [1.165, 1.54) is 12.0 Å². The van der Waals surface area contributed by atoms with E-state index in [9.17, 15) is 14.4 Å². The Morgan fingerprint density at radius 3 is 2.33 bits per heavy atom. The van der Waals surface area contributed by atoms with Gasteiger partial charge in [-0.2, -0.15) is 0 Å². The summed E-state index contributed by atoms with van der Waals surface area (Å²) >= 11 is 1.03. The lowest BCUT2D eigenvalue weighted by atomic mass is 10.0. The van der Waals surface area contributed by atoms with E-state index in [-0.39, 0.29) is 16.8 Å². The van der Waals surface area contributed by atoms with Gasteiger partial charge in [0.15, 0.2) is 5.12 Å². The van der Waals surface area contributed by atoms with Crippen molar-refractivity contribution in [3.8, 4) is 0 Å². The first-order valence-corrected chi connectivity index (χ1v) is 10.3. The lowest BCUT2D eigenvalue weighted by molar-refractivity contribution is -0.142. The van der Waals surface area contributed by atoms with E-state index in [1.54, 1.807) is 6.92 Å². The van der Waals surface area contributed by atoms with E-state index in [0.717, 1.165) is 53.4 Å². The third-order valence-corrected chi connectivity index (χ3v) is 5.60. The molecule has 0 saturated carbocycles. The number of amides is 1. The number of carbonyl (C=O) groups is 3. The van der Waals surface area contributed by atoms with Crippen LogP contribution in [0, 0.1) is 20.8 Å². The second kappa shape index (κ2) is 11.1. The second-order valence-electron chi connectivity index (χ2n) is 6.75. The number of aryl methyl sites for hydroxylation is 2. The van der Waals surface area contributed by atoms with Gasteiger partial charge in [0, 0.05) is 6.42 Å². The van der Waals surface area contributed by atoms with Crippen LogP contribution in [-0.4, -0.2) is 35.9 Å². The fourth-order valence-electron chi connectivity index (χ4n) is 2.92. The molecular weight excluding hydrogens is 362 g/mol. The second-order valence-corrected chi connectivity index (χ2v) is 7.79. The Balaban J connectivity index is 3.07. The topological polar surface area (TPSA) is 63.7 Å². The number of rotatable bonds is 9. The number of carbonyl (C=O) groups excluding carboxylic acids is 3. The van der Waals surface area contributed by atoms with Gasteiger partial charge in [-0.15, -0.1) is 0 Å². The highest BCUT2D eigenvalue weighted by atomic mass is 32.2. The van der Waals surface area contributed by atoms with Crippen LogP contribution in [0.4, 0.5) is 5.69 Å². The van der Waals surface area contributed by atoms with Crippen LogP contribution >= 0.6 is 11.8 Å². The minimum atomic E-state index is -0.766. The zero-order valence-corrected chi connectivity index (χ0v) is 18.1. The van der Waals surface area contributed by atoms with Crippen LogP contribution in [0.2, 0.25) is 0 Å². The maximum Gasteiger partial charge on any atom is 0.328 e. The van der Waals surface area contributed by atoms with Crippen LogP contribution in [0.25, 0.3) is 0 Å². The molecule has 0 fully saturated rings. The molecule has 1 amide bonds. The predicted molar refractivity (Wildman–Crippen MR) is 111 cm³/mol.